The zero-order chi connectivity index (χ0) is 21.4. The summed E-state index contributed by atoms with van der Waals surface area (Å²) in [5.41, 5.74) is -0.345. The van der Waals surface area contributed by atoms with Gasteiger partial charge in [0, 0.05) is 23.7 Å². The van der Waals surface area contributed by atoms with Gasteiger partial charge in [-0.1, -0.05) is 59.3 Å². The van der Waals surface area contributed by atoms with E-state index < -0.39 is 5.60 Å². The molecule has 0 aromatic carbocycles. The standard InChI is InChI=1S/C27H42O3/c1-6-18(2)7-8-19(3)21-9-10-22-24(21,4)13-12-23-25(5)14-11-20(28)17-26(25)15-16-27(22,23)30-29-26/h7-8,15-16,18-23,28H,6,9-14,17H2,1-5H3/b8-7-/t18-,19-,20+,21-,22-,23-,24-,25-,26-,27+/m1/s1. The Kier molecular flexibility index (Phi) is 4.90. The molecule has 30 heavy (non-hydrogen) atoms. The van der Waals surface area contributed by atoms with E-state index >= 15 is 0 Å². The van der Waals surface area contributed by atoms with Gasteiger partial charge in [0.2, 0.25) is 0 Å². The van der Waals surface area contributed by atoms with Crippen LogP contribution in [0.1, 0.15) is 86.0 Å². The molecular formula is C27H42O3. The molecule has 10 atom stereocenters. The zero-order valence-corrected chi connectivity index (χ0v) is 19.7. The minimum absolute atomic E-state index is 0.0702. The van der Waals surface area contributed by atoms with Crippen molar-refractivity contribution in [2.24, 2.45) is 40.4 Å². The highest BCUT2D eigenvalue weighted by molar-refractivity contribution is 5.33. The Labute approximate surface area is 183 Å². The molecule has 0 radical (unpaired) electrons. The van der Waals surface area contributed by atoms with Gasteiger partial charge in [0.25, 0.3) is 0 Å². The number of aliphatic hydroxyl groups excluding tert-OH is 1. The molecule has 3 nitrogen and oxygen atoms in total. The Morgan fingerprint density at radius 2 is 1.80 bits per heavy atom. The predicted octanol–water partition coefficient (Wildman–Crippen LogP) is 6.23. The second-order valence-corrected chi connectivity index (χ2v) is 12.0. The number of rotatable bonds is 4. The lowest BCUT2D eigenvalue weighted by Crippen LogP contribution is -2.73. The predicted molar refractivity (Wildman–Crippen MR) is 120 cm³/mol. The third kappa shape index (κ3) is 2.61. The van der Waals surface area contributed by atoms with E-state index in [0.717, 1.165) is 12.8 Å². The van der Waals surface area contributed by atoms with E-state index in [0.29, 0.717) is 41.4 Å². The number of hydrogen-bond acceptors (Lipinski definition) is 3. The molecular weight excluding hydrogens is 372 g/mol. The molecule has 3 saturated carbocycles. The average Bonchev–Trinajstić information content (AvgIpc) is 3.09. The van der Waals surface area contributed by atoms with Crippen LogP contribution in [0, 0.1) is 40.4 Å². The Balaban J connectivity index is 1.47. The Hall–Kier alpha value is -0.640. The van der Waals surface area contributed by atoms with Gasteiger partial charge in [-0.05, 0) is 67.8 Å². The summed E-state index contributed by atoms with van der Waals surface area (Å²) in [7, 11) is 0. The van der Waals surface area contributed by atoms with Crippen molar-refractivity contribution >= 4 is 0 Å². The van der Waals surface area contributed by atoms with Crippen LogP contribution in [0.15, 0.2) is 24.3 Å². The van der Waals surface area contributed by atoms with Gasteiger partial charge < -0.3 is 5.11 Å². The van der Waals surface area contributed by atoms with Crippen LogP contribution in [0.3, 0.4) is 0 Å². The SMILES string of the molecule is CC[C@@H](C)/C=C\[C@@H](C)[C@H]1CC[C@@H]2[C@]1(C)CC[C@H]1[C@]23C=C[C@]2(C[C@@H](O)CC[C@]12C)OO3. The van der Waals surface area contributed by atoms with E-state index in [9.17, 15) is 5.11 Å². The van der Waals surface area contributed by atoms with Crippen molar-refractivity contribution in [3.05, 3.63) is 24.3 Å². The number of hydrogen-bond donors (Lipinski definition) is 1. The van der Waals surface area contributed by atoms with E-state index in [1.54, 1.807) is 0 Å². The lowest BCUT2D eigenvalue weighted by Gasteiger charge is -2.69. The summed E-state index contributed by atoms with van der Waals surface area (Å²) in [6, 6.07) is 0. The fraction of sp³-hybridized carbons (Fsp3) is 0.852. The summed E-state index contributed by atoms with van der Waals surface area (Å²) in [4.78, 5) is 12.7. The van der Waals surface area contributed by atoms with Gasteiger partial charge in [0.1, 0.15) is 11.2 Å². The van der Waals surface area contributed by atoms with E-state index in [1.165, 1.54) is 32.1 Å². The van der Waals surface area contributed by atoms with Crippen molar-refractivity contribution in [1.82, 2.24) is 0 Å². The summed E-state index contributed by atoms with van der Waals surface area (Å²) in [6.45, 7) is 12.0. The van der Waals surface area contributed by atoms with Crippen LogP contribution in [0.5, 0.6) is 0 Å². The summed E-state index contributed by atoms with van der Waals surface area (Å²) in [6.07, 6.45) is 18.2. The molecule has 168 valence electrons. The largest absolute Gasteiger partial charge is 0.393 e. The third-order valence-electron chi connectivity index (χ3n) is 10.7. The molecule has 0 aromatic rings. The molecule has 2 heterocycles. The van der Waals surface area contributed by atoms with Gasteiger partial charge in [-0.2, -0.15) is 0 Å². The molecule has 6 rings (SSSR count). The summed E-state index contributed by atoms with van der Waals surface area (Å²) >= 11 is 0. The first kappa shape index (κ1) is 21.2. The van der Waals surface area contributed by atoms with Crippen LogP contribution in [0.2, 0.25) is 0 Å². The molecule has 2 aliphatic heterocycles. The van der Waals surface area contributed by atoms with Crippen LogP contribution in [0.25, 0.3) is 0 Å². The minimum Gasteiger partial charge on any atom is -0.393 e. The highest BCUT2D eigenvalue weighted by atomic mass is 17.2. The lowest BCUT2D eigenvalue weighted by molar-refractivity contribution is -0.497. The van der Waals surface area contributed by atoms with Crippen molar-refractivity contribution in [3.63, 3.8) is 0 Å². The molecule has 1 N–H and O–H groups in total. The molecule has 0 amide bonds. The van der Waals surface area contributed by atoms with Gasteiger partial charge in [-0.25, -0.2) is 9.78 Å². The molecule has 3 heteroatoms. The van der Waals surface area contributed by atoms with Gasteiger partial charge in [0.05, 0.1) is 6.10 Å². The molecule has 0 aromatic heterocycles. The molecule has 2 bridgehead atoms. The summed E-state index contributed by atoms with van der Waals surface area (Å²) in [5, 5.41) is 10.4. The van der Waals surface area contributed by atoms with Crippen molar-refractivity contribution in [2.45, 2.75) is 103 Å². The Morgan fingerprint density at radius 1 is 1.00 bits per heavy atom. The number of aliphatic hydroxyl groups is 1. The normalized spacial score (nSPS) is 53.9. The first-order valence-corrected chi connectivity index (χ1v) is 12.6. The van der Waals surface area contributed by atoms with E-state index in [1.807, 2.05) is 0 Å². The monoisotopic (exact) mass is 414 g/mol. The second kappa shape index (κ2) is 6.93. The maximum Gasteiger partial charge on any atom is 0.130 e. The van der Waals surface area contributed by atoms with Gasteiger partial charge >= 0.3 is 0 Å². The van der Waals surface area contributed by atoms with Crippen LogP contribution < -0.4 is 0 Å². The van der Waals surface area contributed by atoms with E-state index in [-0.39, 0.29) is 17.1 Å². The minimum atomic E-state index is -0.435. The Bertz CT molecular complexity index is 744. The van der Waals surface area contributed by atoms with E-state index in [4.69, 9.17) is 9.78 Å². The first-order chi connectivity index (χ1) is 14.2. The average molecular weight is 415 g/mol. The van der Waals surface area contributed by atoms with Crippen molar-refractivity contribution < 1.29 is 14.9 Å². The number of fused-ring (bicyclic) bond motifs is 2. The van der Waals surface area contributed by atoms with Crippen LogP contribution in [-0.4, -0.2) is 22.4 Å². The third-order valence-corrected chi connectivity index (χ3v) is 10.7. The molecule has 6 aliphatic rings. The second-order valence-electron chi connectivity index (χ2n) is 12.0. The highest BCUT2D eigenvalue weighted by Gasteiger charge is 2.74. The molecule has 1 saturated heterocycles. The van der Waals surface area contributed by atoms with Crippen LogP contribution in [0.4, 0.5) is 0 Å². The van der Waals surface area contributed by atoms with Crippen molar-refractivity contribution in [1.29, 1.82) is 0 Å². The van der Waals surface area contributed by atoms with Crippen LogP contribution in [-0.2, 0) is 9.78 Å². The van der Waals surface area contributed by atoms with Gasteiger partial charge in [-0.3, -0.25) is 0 Å². The quantitative estimate of drug-likeness (QED) is 0.438. The lowest BCUT2D eigenvalue weighted by atomic mass is 9.43. The topological polar surface area (TPSA) is 38.7 Å². The fourth-order valence-corrected chi connectivity index (χ4v) is 8.64. The van der Waals surface area contributed by atoms with Gasteiger partial charge in [-0.15, -0.1) is 0 Å². The molecule has 2 spiro atoms. The summed E-state index contributed by atoms with van der Waals surface area (Å²) < 4.78 is 0. The highest BCUT2D eigenvalue weighted by Crippen LogP contribution is 2.72. The zero-order valence-electron chi connectivity index (χ0n) is 19.7. The molecule has 4 aliphatic carbocycles. The maximum atomic E-state index is 10.4. The number of allylic oxidation sites excluding steroid dienone is 2. The maximum absolute atomic E-state index is 10.4. The van der Waals surface area contributed by atoms with Crippen molar-refractivity contribution in [3.8, 4) is 0 Å². The van der Waals surface area contributed by atoms with Crippen molar-refractivity contribution in [2.75, 3.05) is 0 Å². The smallest absolute Gasteiger partial charge is 0.130 e. The molecule has 0 unspecified atom stereocenters. The Morgan fingerprint density at radius 3 is 2.50 bits per heavy atom. The van der Waals surface area contributed by atoms with Gasteiger partial charge in [0.15, 0.2) is 0 Å². The first-order valence-electron chi connectivity index (χ1n) is 12.6. The van der Waals surface area contributed by atoms with E-state index in [2.05, 4.69) is 58.9 Å². The fourth-order valence-electron chi connectivity index (χ4n) is 8.64. The molecule has 4 fully saturated rings. The summed E-state index contributed by atoms with van der Waals surface area (Å²) in [5.74, 6) is 3.01. The van der Waals surface area contributed by atoms with Crippen LogP contribution >= 0.6 is 0 Å².